The van der Waals surface area contributed by atoms with Crippen molar-refractivity contribution >= 4 is 11.4 Å². The zero-order valence-electron chi connectivity index (χ0n) is 23.7. The van der Waals surface area contributed by atoms with E-state index in [1.54, 1.807) is 0 Å². The second-order valence-electron chi connectivity index (χ2n) is 9.75. The summed E-state index contributed by atoms with van der Waals surface area (Å²) >= 11 is 0. The molecule has 0 atom stereocenters. The molecule has 2 heteroatoms. The van der Waals surface area contributed by atoms with Crippen molar-refractivity contribution in [3.05, 3.63) is 125 Å². The summed E-state index contributed by atoms with van der Waals surface area (Å²) in [6.45, 7) is 15.6. The maximum absolute atomic E-state index is 4.42. The number of aryl methyl sites for hydroxylation is 4. The van der Waals surface area contributed by atoms with E-state index in [2.05, 4.69) is 100 Å². The number of benzene rings is 3. The Labute approximate surface area is 226 Å². The molecule has 0 unspecified atom stereocenters. The number of hydrogen-bond donors (Lipinski definition) is 1. The number of anilines is 1. The minimum atomic E-state index is 0.798. The third-order valence-electron chi connectivity index (χ3n) is 5.92. The molecular weight excluding hydrogens is 448 g/mol. The smallest absolute Gasteiger partial charge is 0.0604 e. The molecule has 37 heavy (non-hydrogen) atoms. The van der Waals surface area contributed by atoms with Crippen LogP contribution in [0.5, 0.6) is 0 Å². The van der Waals surface area contributed by atoms with Gasteiger partial charge in [0.05, 0.1) is 6.54 Å². The molecule has 3 aromatic carbocycles. The highest BCUT2D eigenvalue weighted by atomic mass is 14.9. The van der Waals surface area contributed by atoms with Gasteiger partial charge in [-0.05, 0) is 68.5 Å². The van der Waals surface area contributed by atoms with Crippen LogP contribution in [-0.2, 0) is 12.8 Å². The highest BCUT2D eigenvalue weighted by Gasteiger charge is 2.06. The molecular formula is C35H46N2. The fraction of sp³-hybridized carbons (Fsp3) is 0.343. The predicted octanol–water partition coefficient (Wildman–Crippen LogP) is 9.69. The second-order valence-corrected chi connectivity index (χ2v) is 9.75. The molecule has 1 fully saturated rings. The molecule has 0 aromatic heterocycles. The van der Waals surface area contributed by atoms with Crippen molar-refractivity contribution in [2.45, 2.75) is 73.1 Å². The molecule has 1 heterocycles. The third kappa shape index (κ3) is 13.5. The molecule has 0 saturated heterocycles. The predicted molar refractivity (Wildman–Crippen MR) is 165 cm³/mol. The Kier molecular flexibility index (Phi) is 13.8. The van der Waals surface area contributed by atoms with Crippen molar-refractivity contribution in [3.63, 3.8) is 0 Å². The monoisotopic (exact) mass is 494 g/mol. The van der Waals surface area contributed by atoms with Crippen LogP contribution >= 0.6 is 0 Å². The highest BCUT2D eigenvalue weighted by Crippen LogP contribution is 2.15. The molecule has 2 nitrogen and oxygen atoms in total. The van der Waals surface area contributed by atoms with Crippen LogP contribution in [0.25, 0.3) is 0 Å². The zero-order valence-corrected chi connectivity index (χ0v) is 23.7. The standard InChI is InChI=1S/C14H16N2.C10H14.C8H10.C3H6/c1-11-8-14(15-10-11)9-12(2)16-13-6-4-3-5-7-13;1-4-10-7-8(2)5-6-9(10)3;1-2-8-6-4-3-5-7-8;1-2-3-1/h3-8,16H,2,9-10H2,1H3;5-7H,4H2,1-3H3;3-7H,2H2,1H3;1-3H2. The van der Waals surface area contributed by atoms with Crippen LogP contribution in [0.4, 0.5) is 5.69 Å². The summed E-state index contributed by atoms with van der Waals surface area (Å²) in [6, 6.07) is 27.1. The van der Waals surface area contributed by atoms with Crippen molar-refractivity contribution in [1.82, 2.24) is 0 Å². The lowest BCUT2D eigenvalue weighted by Gasteiger charge is -2.08. The fourth-order valence-corrected chi connectivity index (χ4v) is 3.59. The topological polar surface area (TPSA) is 24.4 Å². The van der Waals surface area contributed by atoms with Crippen molar-refractivity contribution in [3.8, 4) is 0 Å². The Bertz CT molecular complexity index is 1120. The molecule has 1 aliphatic carbocycles. The molecule has 0 amide bonds. The quantitative estimate of drug-likeness (QED) is 0.362. The van der Waals surface area contributed by atoms with E-state index in [1.807, 2.05) is 36.4 Å². The minimum absolute atomic E-state index is 0.798. The van der Waals surface area contributed by atoms with Gasteiger partial charge >= 0.3 is 0 Å². The first kappa shape index (κ1) is 29.8. The molecule has 1 aliphatic heterocycles. The second kappa shape index (κ2) is 17.1. The fourth-order valence-electron chi connectivity index (χ4n) is 3.59. The van der Waals surface area contributed by atoms with E-state index in [1.165, 1.54) is 47.1 Å². The first-order chi connectivity index (χ1) is 17.9. The molecule has 1 N–H and O–H groups in total. The van der Waals surface area contributed by atoms with Crippen molar-refractivity contribution in [2.75, 3.05) is 11.9 Å². The summed E-state index contributed by atoms with van der Waals surface area (Å²) in [7, 11) is 0. The van der Waals surface area contributed by atoms with E-state index in [-0.39, 0.29) is 0 Å². The number of hydrogen-bond acceptors (Lipinski definition) is 2. The summed E-state index contributed by atoms with van der Waals surface area (Å²) in [5.41, 5.74) is 10.2. The zero-order chi connectivity index (χ0) is 26.9. The van der Waals surface area contributed by atoms with Gasteiger partial charge in [-0.25, -0.2) is 0 Å². The number of aliphatic imine (C=N–C) groups is 1. The maximum atomic E-state index is 4.42. The van der Waals surface area contributed by atoms with Crippen LogP contribution in [-0.4, -0.2) is 12.3 Å². The molecule has 1 saturated carbocycles. The van der Waals surface area contributed by atoms with E-state index in [0.29, 0.717) is 0 Å². The van der Waals surface area contributed by atoms with Gasteiger partial charge < -0.3 is 5.32 Å². The van der Waals surface area contributed by atoms with Crippen LogP contribution in [0.2, 0.25) is 0 Å². The first-order valence-electron chi connectivity index (χ1n) is 13.7. The Morgan fingerprint density at radius 2 is 1.43 bits per heavy atom. The molecule has 0 radical (unpaired) electrons. The lowest BCUT2D eigenvalue weighted by molar-refractivity contribution is 1.10. The van der Waals surface area contributed by atoms with E-state index in [9.17, 15) is 0 Å². The average Bonchev–Trinajstić information content (AvgIpc) is 3.75. The Morgan fingerprint density at radius 3 is 1.89 bits per heavy atom. The van der Waals surface area contributed by atoms with Gasteiger partial charge in [0, 0.05) is 23.5 Å². The number of nitrogens with one attached hydrogen (secondary N) is 1. The van der Waals surface area contributed by atoms with Crippen LogP contribution in [0.15, 0.2) is 108 Å². The average molecular weight is 495 g/mol. The largest absolute Gasteiger partial charge is 0.359 e. The maximum Gasteiger partial charge on any atom is 0.0604 e. The van der Waals surface area contributed by atoms with Gasteiger partial charge in [0.2, 0.25) is 0 Å². The van der Waals surface area contributed by atoms with Crippen LogP contribution < -0.4 is 5.32 Å². The van der Waals surface area contributed by atoms with Gasteiger partial charge in [0.25, 0.3) is 0 Å². The van der Waals surface area contributed by atoms with Gasteiger partial charge in [-0.1, -0.05) is 118 Å². The molecule has 5 rings (SSSR count). The van der Waals surface area contributed by atoms with Gasteiger partial charge in [-0.2, -0.15) is 0 Å². The molecule has 3 aromatic rings. The molecule has 0 spiro atoms. The number of allylic oxidation sites excluding steroid dienone is 2. The summed E-state index contributed by atoms with van der Waals surface area (Å²) in [5, 5.41) is 3.28. The van der Waals surface area contributed by atoms with Gasteiger partial charge in [-0.15, -0.1) is 0 Å². The Hall–Kier alpha value is -3.39. The minimum Gasteiger partial charge on any atom is -0.359 e. The van der Waals surface area contributed by atoms with Crippen molar-refractivity contribution in [2.24, 2.45) is 4.99 Å². The molecule has 2 aliphatic rings. The summed E-state index contributed by atoms with van der Waals surface area (Å²) in [5.74, 6) is 0. The lowest BCUT2D eigenvalue weighted by Crippen LogP contribution is -2.02. The third-order valence-corrected chi connectivity index (χ3v) is 5.92. The van der Waals surface area contributed by atoms with Crippen molar-refractivity contribution in [1.29, 1.82) is 0 Å². The van der Waals surface area contributed by atoms with Gasteiger partial charge in [-0.3, -0.25) is 4.99 Å². The number of rotatable bonds is 6. The number of para-hydroxylation sites is 1. The SMILES string of the molecule is C1CC1.C=C(CC1=NCC(C)=C1)Nc1ccccc1.CCc1cc(C)ccc1C.CCc1ccccc1. The van der Waals surface area contributed by atoms with Gasteiger partial charge in [0.15, 0.2) is 0 Å². The highest BCUT2D eigenvalue weighted by molar-refractivity contribution is 5.99. The van der Waals surface area contributed by atoms with Crippen LogP contribution in [0, 0.1) is 13.8 Å². The summed E-state index contributed by atoms with van der Waals surface area (Å²) in [6.07, 6.45) is 9.72. The van der Waals surface area contributed by atoms with E-state index in [4.69, 9.17) is 0 Å². The lowest BCUT2D eigenvalue weighted by atomic mass is 10.0. The molecule has 0 bridgehead atoms. The van der Waals surface area contributed by atoms with Gasteiger partial charge in [0.1, 0.15) is 0 Å². The van der Waals surface area contributed by atoms with Crippen LogP contribution in [0.3, 0.4) is 0 Å². The Balaban J connectivity index is 0.000000196. The van der Waals surface area contributed by atoms with E-state index < -0.39 is 0 Å². The Morgan fingerprint density at radius 1 is 0.811 bits per heavy atom. The van der Waals surface area contributed by atoms with E-state index in [0.717, 1.165) is 42.9 Å². The summed E-state index contributed by atoms with van der Waals surface area (Å²) in [4.78, 5) is 4.42. The molecule has 196 valence electrons. The van der Waals surface area contributed by atoms with Crippen molar-refractivity contribution < 1.29 is 0 Å². The van der Waals surface area contributed by atoms with Crippen LogP contribution in [0.1, 0.15) is 68.7 Å². The normalized spacial score (nSPS) is 12.8. The first-order valence-corrected chi connectivity index (χ1v) is 13.7. The summed E-state index contributed by atoms with van der Waals surface area (Å²) < 4.78 is 0. The number of nitrogens with zero attached hydrogens (tertiary/aromatic N) is 1. The van der Waals surface area contributed by atoms with E-state index >= 15 is 0 Å².